The van der Waals surface area contributed by atoms with E-state index < -0.39 is 0 Å². The molecule has 1 atom stereocenters. The maximum absolute atomic E-state index is 5.48. The van der Waals surface area contributed by atoms with Crippen LogP contribution in [0.1, 0.15) is 13.8 Å². The van der Waals surface area contributed by atoms with E-state index >= 15 is 0 Å². The molecule has 0 radical (unpaired) electrons. The fourth-order valence-corrected chi connectivity index (χ4v) is 1.11. The molecular formula is C12H26O5. The van der Waals surface area contributed by atoms with Crippen LogP contribution in [0.25, 0.3) is 0 Å². The van der Waals surface area contributed by atoms with E-state index in [1.807, 2.05) is 13.8 Å². The third-order valence-corrected chi connectivity index (χ3v) is 1.99. The fourth-order valence-electron chi connectivity index (χ4n) is 1.11. The molecule has 0 heterocycles. The van der Waals surface area contributed by atoms with E-state index in [1.54, 1.807) is 7.11 Å². The van der Waals surface area contributed by atoms with Crippen molar-refractivity contribution in [2.45, 2.75) is 20.0 Å². The van der Waals surface area contributed by atoms with Crippen LogP contribution in [0.2, 0.25) is 0 Å². The first-order chi connectivity index (χ1) is 8.31. The van der Waals surface area contributed by atoms with Crippen LogP contribution < -0.4 is 0 Å². The molecule has 0 spiro atoms. The topological polar surface area (TPSA) is 46.2 Å². The van der Waals surface area contributed by atoms with E-state index in [9.17, 15) is 0 Å². The Labute approximate surface area is 104 Å². The van der Waals surface area contributed by atoms with Gasteiger partial charge in [-0.1, -0.05) is 0 Å². The fraction of sp³-hybridized carbons (Fsp3) is 1.00. The van der Waals surface area contributed by atoms with Gasteiger partial charge in [0.15, 0.2) is 0 Å². The van der Waals surface area contributed by atoms with Crippen molar-refractivity contribution in [3.05, 3.63) is 0 Å². The summed E-state index contributed by atoms with van der Waals surface area (Å²) in [4.78, 5) is 0. The number of ether oxygens (including phenoxy) is 5. The Morgan fingerprint density at radius 2 is 1.47 bits per heavy atom. The molecule has 0 aromatic rings. The van der Waals surface area contributed by atoms with Gasteiger partial charge in [0, 0.05) is 13.7 Å². The van der Waals surface area contributed by atoms with Crippen LogP contribution in [-0.4, -0.2) is 66.1 Å². The highest BCUT2D eigenvalue weighted by Gasteiger charge is 2.01. The largest absolute Gasteiger partial charge is 0.382 e. The highest BCUT2D eigenvalue weighted by Crippen LogP contribution is 1.92. The standard InChI is InChI=1S/C12H26O5/c1-4-14-9-10-17-12(2)11-16-8-7-15-6-5-13-3/h12H,4-11H2,1-3H3. The van der Waals surface area contributed by atoms with Gasteiger partial charge in [-0.25, -0.2) is 0 Å². The molecule has 0 aliphatic heterocycles. The van der Waals surface area contributed by atoms with Crippen LogP contribution in [0, 0.1) is 0 Å². The van der Waals surface area contributed by atoms with Gasteiger partial charge in [-0.3, -0.25) is 0 Å². The summed E-state index contributed by atoms with van der Waals surface area (Å²) in [6, 6.07) is 0. The van der Waals surface area contributed by atoms with Crippen LogP contribution in [0.4, 0.5) is 0 Å². The molecule has 0 N–H and O–H groups in total. The normalized spacial score (nSPS) is 12.9. The van der Waals surface area contributed by atoms with Crippen molar-refractivity contribution in [1.82, 2.24) is 0 Å². The van der Waals surface area contributed by atoms with Gasteiger partial charge in [0.25, 0.3) is 0 Å². The van der Waals surface area contributed by atoms with Crippen molar-refractivity contribution in [1.29, 1.82) is 0 Å². The number of rotatable bonds is 13. The van der Waals surface area contributed by atoms with Crippen LogP contribution in [-0.2, 0) is 23.7 Å². The molecule has 1 unspecified atom stereocenters. The first-order valence-electron chi connectivity index (χ1n) is 6.15. The third-order valence-electron chi connectivity index (χ3n) is 1.99. The molecule has 0 aliphatic carbocycles. The second kappa shape index (κ2) is 13.9. The Kier molecular flexibility index (Phi) is 13.7. The van der Waals surface area contributed by atoms with Crippen molar-refractivity contribution < 1.29 is 23.7 Å². The monoisotopic (exact) mass is 250 g/mol. The lowest BCUT2D eigenvalue weighted by molar-refractivity contribution is -0.0412. The lowest BCUT2D eigenvalue weighted by atomic mass is 10.4. The molecule has 0 amide bonds. The predicted molar refractivity (Wildman–Crippen MR) is 65.4 cm³/mol. The van der Waals surface area contributed by atoms with Crippen LogP contribution >= 0.6 is 0 Å². The summed E-state index contributed by atoms with van der Waals surface area (Å²) in [5.74, 6) is 0. The van der Waals surface area contributed by atoms with Crippen molar-refractivity contribution >= 4 is 0 Å². The number of methoxy groups -OCH3 is 1. The van der Waals surface area contributed by atoms with Crippen LogP contribution in [0.3, 0.4) is 0 Å². The average molecular weight is 250 g/mol. The summed E-state index contributed by atoms with van der Waals surface area (Å²) >= 11 is 0. The highest BCUT2D eigenvalue weighted by atomic mass is 16.6. The second-order valence-electron chi connectivity index (χ2n) is 3.56. The minimum Gasteiger partial charge on any atom is -0.382 e. The van der Waals surface area contributed by atoms with Gasteiger partial charge in [0.2, 0.25) is 0 Å². The Hall–Kier alpha value is -0.200. The van der Waals surface area contributed by atoms with E-state index in [4.69, 9.17) is 23.7 Å². The maximum Gasteiger partial charge on any atom is 0.0781 e. The molecule has 0 saturated heterocycles. The summed E-state index contributed by atoms with van der Waals surface area (Å²) in [5, 5.41) is 0. The van der Waals surface area contributed by atoms with Gasteiger partial charge in [0.1, 0.15) is 0 Å². The molecule has 0 rings (SSSR count). The Morgan fingerprint density at radius 3 is 2.18 bits per heavy atom. The van der Waals surface area contributed by atoms with E-state index in [1.165, 1.54) is 0 Å². The van der Waals surface area contributed by atoms with Gasteiger partial charge in [-0.15, -0.1) is 0 Å². The molecule has 0 aromatic carbocycles. The first-order valence-corrected chi connectivity index (χ1v) is 6.15. The van der Waals surface area contributed by atoms with E-state index in [0.717, 1.165) is 6.61 Å². The molecule has 0 bridgehead atoms. The molecule has 104 valence electrons. The first kappa shape index (κ1) is 16.8. The van der Waals surface area contributed by atoms with Gasteiger partial charge in [0.05, 0.1) is 52.4 Å². The molecule has 5 heteroatoms. The zero-order chi connectivity index (χ0) is 12.8. The highest BCUT2D eigenvalue weighted by molar-refractivity contribution is 4.47. The lowest BCUT2D eigenvalue weighted by Gasteiger charge is -2.13. The summed E-state index contributed by atoms with van der Waals surface area (Å²) in [6.45, 7) is 8.93. The van der Waals surface area contributed by atoms with Gasteiger partial charge >= 0.3 is 0 Å². The summed E-state index contributed by atoms with van der Waals surface area (Å²) in [5.41, 5.74) is 0. The summed E-state index contributed by atoms with van der Waals surface area (Å²) in [7, 11) is 1.65. The molecule has 0 saturated carbocycles. The molecule has 17 heavy (non-hydrogen) atoms. The number of hydrogen-bond acceptors (Lipinski definition) is 5. The lowest BCUT2D eigenvalue weighted by Crippen LogP contribution is -2.20. The smallest absolute Gasteiger partial charge is 0.0781 e. The van der Waals surface area contributed by atoms with Gasteiger partial charge in [-0.05, 0) is 13.8 Å². The summed E-state index contributed by atoms with van der Waals surface area (Å²) < 4.78 is 26.2. The van der Waals surface area contributed by atoms with Crippen molar-refractivity contribution in [3.8, 4) is 0 Å². The Balaban J connectivity index is 3.08. The minimum atomic E-state index is 0.0921. The van der Waals surface area contributed by atoms with E-state index in [-0.39, 0.29) is 6.10 Å². The van der Waals surface area contributed by atoms with E-state index in [2.05, 4.69) is 0 Å². The van der Waals surface area contributed by atoms with E-state index in [0.29, 0.717) is 46.2 Å². The Morgan fingerprint density at radius 1 is 0.824 bits per heavy atom. The summed E-state index contributed by atoms with van der Waals surface area (Å²) in [6.07, 6.45) is 0.0921. The molecular weight excluding hydrogens is 224 g/mol. The SMILES string of the molecule is CCOCCOC(C)COCCOCCOC. The second-order valence-corrected chi connectivity index (χ2v) is 3.56. The van der Waals surface area contributed by atoms with Crippen molar-refractivity contribution in [2.75, 3.05) is 60.0 Å². The zero-order valence-electron chi connectivity index (χ0n) is 11.3. The Bertz CT molecular complexity index is 143. The quantitative estimate of drug-likeness (QED) is 0.458. The van der Waals surface area contributed by atoms with Crippen LogP contribution in [0.5, 0.6) is 0 Å². The van der Waals surface area contributed by atoms with Crippen molar-refractivity contribution in [3.63, 3.8) is 0 Å². The minimum absolute atomic E-state index is 0.0921. The molecule has 0 aromatic heterocycles. The van der Waals surface area contributed by atoms with Gasteiger partial charge < -0.3 is 23.7 Å². The zero-order valence-corrected chi connectivity index (χ0v) is 11.3. The molecule has 5 nitrogen and oxygen atoms in total. The predicted octanol–water partition coefficient (Wildman–Crippen LogP) is 1.11. The van der Waals surface area contributed by atoms with Crippen LogP contribution in [0.15, 0.2) is 0 Å². The third kappa shape index (κ3) is 13.7. The van der Waals surface area contributed by atoms with Crippen molar-refractivity contribution in [2.24, 2.45) is 0 Å². The maximum atomic E-state index is 5.48. The number of hydrogen-bond donors (Lipinski definition) is 0. The average Bonchev–Trinajstić information content (AvgIpc) is 2.33. The van der Waals surface area contributed by atoms with Gasteiger partial charge in [-0.2, -0.15) is 0 Å². The molecule has 0 fully saturated rings. The molecule has 0 aliphatic rings.